The van der Waals surface area contributed by atoms with Crippen molar-refractivity contribution in [3.63, 3.8) is 0 Å². The summed E-state index contributed by atoms with van der Waals surface area (Å²) in [6.45, 7) is 2.84. The highest BCUT2D eigenvalue weighted by molar-refractivity contribution is 6.42. The minimum atomic E-state index is 0.474. The first kappa shape index (κ1) is 11.7. The van der Waals surface area contributed by atoms with Crippen LogP contribution >= 0.6 is 23.2 Å². The van der Waals surface area contributed by atoms with E-state index in [-0.39, 0.29) is 0 Å². The van der Waals surface area contributed by atoms with Crippen LogP contribution in [0.3, 0.4) is 0 Å². The lowest BCUT2D eigenvalue weighted by Crippen LogP contribution is -2.40. The van der Waals surface area contributed by atoms with Crippen LogP contribution in [-0.2, 0) is 4.74 Å². The molecule has 0 unspecified atom stereocenters. The van der Waals surface area contributed by atoms with Crippen LogP contribution in [0.25, 0.3) is 0 Å². The van der Waals surface area contributed by atoms with Gasteiger partial charge in [-0.25, -0.2) is 0 Å². The summed E-state index contributed by atoms with van der Waals surface area (Å²) < 4.78 is 5.24. The van der Waals surface area contributed by atoms with Gasteiger partial charge in [-0.1, -0.05) is 23.2 Å². The van der Waals surface area contributed by atoms with Crippen LogP contribution in [0, 0.1) is 5.41 Å². The van der Waals surface area contributed by atoms with Crippen molar-refractivity contribution in [3.05, 3.63) is 33.8 Å². The molecule has 1 heterocycles. The lowest BCUT2D eigenvalue weighted by Gasteiger charge is -2.29. The fraction of sp³-hybridized carbons (Fsp3) is 0.364. The van der Waals surface area contributed by atoms with E-state index < -0.39 is 0 Å². The number of hydrogen-bond donors (Lipinski definition) is 1. The summed E-state index contributed by atoms with van der Waals surface area (Å²) in [5.41, 5.74) is 0.788. The molecular formula is C11H12Cl2N2O. The normalized spacial score (nSPS) is 16.2. The van der Waals surface area contributed by atoms with E-state index in [1.54, 1.807) is 12.1 Å². The Hall–Kier alpha value is -0.770. The van der Waals surface area contributed by atoms with E-state index >= 15 is 0 Å². The molecule has 1 saturated heterocycles. The van der Waals surface area contributed by atoms with Crippen LogP contribution in [0.5, 0.6) is 0 Å². The van der Waals surface area contributed by atoms with E-state index in [0.29, 0.717) is 29.1 Å². The molecule has 1 aromatic carbocycles. The van der Waals surface area contributed by atoms with Crippen molar-refractivity contribution in [2.75, 3.05) is 26.3 Å². The Morgan fingerprint density at radius 3 is 2.50 bits per heavy atom. The number of hydrogen-bond acceptors (Lipinski definition) is 2. The standard InChI is InChI=1S/C11H12Cl2N2O/c12-9-2-1-8(7-10(9)13)11(14)15-3-5-16-6-4-15/h1-2,7,14H,3-6H2. The molecule has 1 aliphatic heterocycles. The summed E-state index contributed by atoms with van der Waals surface area (Å²) in [7, 11) is 0. The van der Waals surface area contributed by atoms with Crippen LogP contribution in [0.4, 0.5) is 0 Å². The summed E-state index contributed by atoms with van der Waals surface area (Å²) >= 11 is 11.8. The third kappa shape index (κ3) is 2.48. The molecule has 0 saturated carbocycles. The van der Waals surface area contributed by atoms with Gasteiger partial charge >= 0.3 is 0 Å². The Balaban J connectivity index is 2.16. The third-order valence-corrected chi connectivity index (χ3v) is 3.26. The predicted molar refractivity (Wildman–Crippen MR) is 65.7 cm³/mol. The van der Waals surface area contributed by atoms with E-state index in [2.05, 4.69) is 0 Å². The van der Waals surface area contributed by atoms with Gasteiger partial charge in [0, 0.05) is 18.7 Å². The van der Waals surface area contributed by atoms with Gasteiger partial charge in [-0.15, -0.1) is 0 Å². The highest BCUT2D eigenvalue weighted by Gasteiger charge is 2.15. The second-order valence-corrected chi connectivity index (χ2v) is 4.39. The van der Waals surface area contributed by atoms with Gasteiger partial charge in [0.15, 0.2) is 0 Å². The minimum absolute atomic E-state index is 0.474. The number of halogens is 2. The second kappa shape index (κ2) is 5.04. The second-order valence-electron chi connectivity index (χ2n) is 3.58. The first-order valence-electron chi connectivity index (χ1n) is 5.05. The van der Waals surface area contributed by atoms with Gasteiger partial charge in [-0.2, -0.15) is 0 Å². The van der Waals surface area contributed by atoms with Crippen molar-refractivity contribution >= 4 is 29.0 Å². The molecule has 0 aliphatic carbocycles. The molecular weight excluding hydrogens is 247 g/mol. The molecule has 0 aromatic heterocycles. The Morgan fingerprint density at radius 1 is 1.19 bits per heavy atom. The summed E-state index contributed by atoms with van der Waals surface area (Å²) in [4.78, 5) is 1.98. The molecule has 1 aliphatic rings. The summed E-state index contributed by atoms with van der Waals surface area (Å²) in [6, 6.07) is 5.25. The first-order chi connectivity index (χ1) is 7.68. The Kier molecular flexibility index (Phi) is 3.69. The molecule has 0 spiro atoms. The van der Waals surface area contributed by atoms with Crippen LogP contribution in [0.1, 0.15) is 5.56 Å². The van der Waals surface area contributed by atoms with Crippen LogP contribution < -0.4 is 0 Å². The number of benzene rings is 1. The highest BCUT2D eigenvalue weighted by atomic mass is 35.5. The van der Waals surface area contributed by atoms with Gasteiger partial charge in [0.25, 0.3) is 0 Å². The molecule has 86 valence electrons. The van der Waals surface area contributed by atoms with Gasteiger partial charge in [0.05, 0.1) is 23.3 Å². The van der Waals surface area contributed by atoms with E-state index in [0.717, 1.165) is 18.7 Å². The smallest absolute Gasteiger partial charge is 0.128 e. The molecule has 0 radical (unpaired) electrons. The zero-order chi connectivity index (χ0) is 11.5. The van der Waals surface area contributed by atoms with Crippen LogP contribution in [-0.4, -0.2) is 37.0 Å². The number of amidine groups is 1. The first-order valence-corrected chi connectivity index (χ1v) is 5.81. The number of nitrogens with zero attached hydrogens (tertiary/aromatic N) is 1. The molecule has 0 atom stereocenters. The number of nitrogens with one attached hydrogen (secondary N) is 1. The zero-order valence-electron chi connectivity index (χ0n) is 8.67. The third-order valence-electron chi connectivity index (χ3n) is 2.52. The summed E-state index contributed by atoms with van der Waals surface area (Å²) in [5.74, 6) is 0.474. The Bertz CT molecular complexity index is 403. The van der Waals surface area contributed by atoms with Crippen molar-refractivity contribution in [2.45, 2.75) is 0 Å². The lowest BCUT2D eigenvalue weighted by atomic mass is 10.2. The molecule has 1 fully saturated rings. The van der Waals surface area contributed by atoms with Crippen molar-refractivity contribution in [1.29, 1.82) is 5.41 Å². The quantitative estimate of drug-likeness (QED) is 0.621. The Morgan fingerprint density at radius 2 is 1.88 bits per heavy atom. The average molecular weight is 259 g/mol. The Labute approximate surface area is 104 Å². The molecule has 16 heavy (non-hydrogen) atoms. The van der Waals surface area contributed by atoms with Gasteiger partial charge < -0.3 is 9.64 Å². The topological polar surface area (TPSA) is 36.3 Å². The minimum Gasteiger partial charge on any atom is -0.378 e. The summed E-state index contributed by atoms with van der Waals surface area (Å²) in [5, 5.41) is 9.06. The van der Waals surface area contributed by atoms with Gasteiger partial charge in [-0.3, -0.25) is 5.41 Å². The van der Waals surface area contributed by atoms with Crippen LogP contribution in [0.2, 0.25) is 10.0 Å². The molecule has 2 rings (SSSR count). The number of morpholine rings is 1. The maximum atomic E-state index is 8.06. The van der Waals surface area contributed by atoms with E-state index in [9.17, 15) is 0 Å². The summed E-state index contributed by atoms with van der Waals surface area (Å²) in [6.07, 6.45) is 0. The largest absolute Gasteiger partial charge is 0.378 e. The molecule has 5 heteroatoms. The average Bonchev–Trinajstić information content (AvgIpc) is 2.33. The van der Waals surface area contributed by atoms with Gasteiger partial charge in [-0.05, 0) is 18.2 Å². The number of ether oxygens (including phenoxy) is 1. The zero-order valence-corrected chi connectivity index (χ0v) is 10.2. The fourth-order valence-corrected chi connectivity index (χ4v) is 1.91. The van der Waals surface area contributed by atoms with Crippen molar-refractivity contribution in [3.8, 4) is 0 Å². The van der Waals surface area contributed by atoms with Crippen molar-refractivity contribution < 1.29 is 4.74 Å². The van der Waals surface area contributed by atoms with Crippen molar-refractivity contribution in [1.82, 2.24) is 4.90 Å². The van der Waals surface area contributed by atoms with Gasteiger partial charge in [0.2, 0.25) is 0 Å². The number of rotatable bonds is 1. The van der Waals surface area contributed by atoms with Crippen molar-refractivity contribution in [2.24, 2.45) is 0 Å². The highest BCUT2D eigenvalue weighted by Crippen LogP contribution is 2.23. The maximum absolute atomic E-state index is 8.06. The predicted octanol–water partition coefficient (Wildman–Crippen LogP) is 2.65. The SMILES string of the molecule is N=C(c1ccc(Cl)c(Cl)c1)N1CCOCC1. The fourth-order valence-electron chi connectivity index (χ4n) is 1.61. The molecule has 1 N–H and O–H groups in total. The van der Waals surface area contributed by atoms with E-state index in [1.165, 1.54) is 0 Å². The monoisotopic (exact) mass is 258 g/mol. The lowest BCUT2D eigenvalue weighted by molar-refractivity contribution is 0.0680. The van der Waals surface area contributed by atoms with Crippen LogP contribution in [0.15, 0.2) is 18.2 Å². The molecule has 3 nitrogen and oxygen atoms in total. The molecule has 0 bridgehead atoms. The molecule has 0 amide bonds. The van der Waals surface area contributed by atoms with E-state index in [1.807, 2.05) is 11.0 Å². The molecule has 1 aromatic rings. The maximum Gasteiger partial charge on any atom is 0.128 e. The van der Waals surface area contributed by atoms with E-state index in [4.69, 9.17) is 33.3 Å². The van der Waals surface area contributed by atoms with Gasteiger partial charge in [0.1, 0.15) is 5.84 Å².